The quantitative estimate of drug-likeness (QED) is 0.840. The van der Waals surface area contributed by atoms with Crippen LogP contribution in [0.5, 0.6) is 0 Å². The van der Waals surface area contributed by atoms with Gasteiger partial charge in [0.2, 0.25) is 0 Å². The second kappa shape index (κ2) is 8.98. The topological polar surface area (TPSA) is 80.8 Å². The van der Waals surface area contributed by atoms with Crippen molar-refractivity contribution in [2.45, 2.75) is 64.8 Å². The summed E-state index contributed by atoms with van der Waals surface area (Å²) in [5.74, 6) is -0.0639. The van der Waals surface area contributed by atoms with E-state index in [-0.39, 0.29) is 11.9 Å². The summed E-state index contributed by atoms with van der Waals surface area (Å²) < 4.78 is 10.8. The van der Waals surface area contributed by atoms with Gasteiger partial charge in [0.25, 0.3) is 5.91 Å². The van der Waals surface area contributed by atoms with Crippen LogP contribution in [0.1, 0.15) is 46.2 Å². The van der Waals surface area contributed by atoms with Crippen LogP contribution >= 0.6 is 0 Å². The standard InChI is InChI=1S/C19H29N3O4/c1-14(21-18(24)26-19(2,3)4)12-22(13-15-8-5-6-10-20-15)17(23)16-9-7-11-25-16/h5-6,8,10,14,16H,7,9,11-13H2,1-4H3,(H,21,24)/t14-,16+/m1/s1. The van der Waals surface area contributed by atoms with Gasteiger partial charge in [-0.3, -0.25) is 9.78 Å². The summed E-state index contributed by atoms with van der Waals surface area (Å²) in [4.78, 5) is 30.8. The Hall–Kier alpha value is -2.15. The van der Waals surface area contributed by atoms with Gasteiger partial charge in [-0.15, -0.1) is 0 Å². The third kappa shape index (κ3) is 6.63. The molecule has 2 rings (SSSR count). The predicted molar refractivity (Wildman–Crippen MR) is 97.5 cm³/mol. The molecular formula is C19H29N3O4. The summed E-state index contributed by atoms with van der Waals surface area (Å²) >= 11 is 0. The molecule has 1 aromatic rings. The normalized spacial score (nSPS) is 18.2. The largest absolute Gasteiger partial charge is 0.444 e. The number of hydrogen-bond donors (Lipinski definition) is 1. The third-order valence-electron chi connectivity index (χ3n) is 3.85. The number of pyridine rings is 1. The van der Waals surface area contributed by atoms with Crippen molar-refractivity contribution in [3.8, 4) is 0 Å². The Labute approximate surface area is 155 Å². The molecule has 1 saturated heterocycles. The lowest BCUT2D eigenvalue weighted by atomic mass is 10.2. The number of carbonyl (C=O) groups excluding carboxylic acids is 2. The Morgan fingerprint density at radius 2 is 2.19 bits per heavy atom. The number of nitrogens with zero attached hydrogens (tertiary/aromatic N) is 2. The lowest BCUT2D eigenvalue weighted by Gasteiger charge is -2.29. The molecule has 1 aliphatic rings. The van der Waals surface area contributed by atoms with E-state index >= 15 is 0 Å². The first kappa shape index (κ1) is 20.2. The number of rotatable bonds is 6. The summed E-state index contributed by atoms with van der Waals surface area (Å²) in [7, 11) is 0. The van der Waals surface area contributed by atoms with Gasteiger partial charge in [-0.1, -0.05) is 6.07 Å². The monoisotopic (exact) mass is 363 g/mol. The molecule has 2 amide bonds. The van der Waals surface area contributed by atoms with E-state index in [4.69, 9.17) is 9.47 Å². The molecule has 1 N–H and O–H groups in total. The van der Waals surface area contributed by atoms with Crippen LogP contribution in [-0.2, 0) is 20.8 Å². The van der Waals surface area contributed by atoms with Crippen molar-refractivity contribution in [3.05, 3.63) is 30.1 Å². The van der Waals surface area contributed by atoms with Crippen LogP contribution in [-0.4, -0.2) is 52.8 Å². The minimum atomic E-state index is -0.565. The molecule has 7 heteroatoms. The predicted octanol–water partition coefficient (Wildman–Crippen LogP) is 2.50. The fourth-order valence-corrected chi connectivity index (χ4v) is 2.78. The third-order valence-corrected chi connectivity index (χ3v) is 3.85. The van der Waals surface area contributed by atoms with Crippen LogP contribution in [0.15, 0.2) is 24.4 Å². The first-order chi connectivity index (χ1) is 12.2. The van der Waals surface area contributed by atoms with E-state index in [1.165, 1.54) is 0 Å². The van der Waals surface area contributed by atoms with Gasteiger partial charge < -0.3 is 19.7 Å². The number of aromatic nitrogens is 1. The van der Waals surface area contributed by atoms with Crippen molar-refractivity contribution in [3.63, 3.8) is 0 Å². The van der Waals surface area contributed by atoms with E-state index in [0.29, 0.717) is 19.7 Å². The first-order valence-corrected chi connectivity index (χ1v) is 9.04. The van der Waals surface area contributed by atoms with Gasteiger partial charge in [-0.25, -0.2) is 4.79 Å². The van der Waals surface area contributed by atoms with E-state index in [1.54, 1.807) is 11.1 Å². The molecule has 0 saturated carbocycles. The molecule has 1 fully saturated rings. The first-order valence-electron chi connectivity index (χ1n) is 9.04. The van der Waals surface area contributed by atoms with E-state index in [0.717, 1.165) is 18.5 Å². The lowest BCUT2D eigenvalue weighted by Crippen LogP contribution is -2.48. The Morgan fingerprint density at radius 1 is 1.42 bits per heavy atom. The van der Waals surface area contributed by atoms with Crippen LogP contribution in [0.4, 0.5) is 4.79 Å². The summed E-state index contributed by atoms with van der Waals surface area (Å²) in [6, 6.07) is 5.34. The molecule has 1 aromatic heterocycles. The maximum Gasteiger partial charge on any atom is 0.407 e. The van der Waals surface area contributed by atoms with Gasteiger partial charge in [0.05, 0.1) is 12.2 Å². The van der Waals surface area contributed by atoms with Crippen molar-refractivity contribution in [1.82, 2.24) is 15.2 Å². The molecule has 0 radical (unpaired) electrons. The number of ether oxygens (including phenoxy) is 2. The van der Waals surface area contributed by atoms with Crippen molar-refractivity contribution < 1.29 is 19.1 Å². The van der Waals surface area contributed by atoms with E-state index in [9.17, 15) is 9.59 Å². The number of amides is 2. The van der Waals surface area contributed by atoms with Crippen molar-refractivity contribution in [1.29, 1.82) is 0 Å². The highest BCUT2D eigenvalue weighted by atomic mass is 16.6. The van der Waals surface area contributed by atoms with Gasteiger partial charge in [0.1, 0.15) is 11.7 Å². The number of nitrogens with one attached hydrogen (secondary N) is 1. The van der Waals surface area contributed by atoms with Crippen LogP contribution in [0.2, 0.25) is 0 Å². The molecule has 2 atom stereocenters. The molecule has 0 aliphatic carbocycles. The zero-order chi connectivity index (χ0) is 19.2. The molecule has 26 heavy (non-hydrogen) atoms. The van der Waals surface area contributed by atoms with Crippen molar-refractivity contribution >= 4 is 12.0 Å². The van der Waals surface area contributed by atoms with Crippen LogP contribution in [0, 0.1) is 0 Å². The minimum Gasteiger partial charge on any atom is -0.444 e. The zero-order valence-electron chi connectivity index (χ0n) is 16.0. The van der Waals surface area contributed by atoms with Crippen LogP contribution in [0.25, 0.3) is 0 Å². The van der Waals surface area contributed by atoms with E-state index < -0.39 is 17.8 Å². The van der Waals surface area contributed by atoms with Gasteiger partial charge in [-0.2, -0.15) is 0 Å². The van der Waals surface area contributed by atoms with Gasteiger partial charge in [0, 0.05) is 25.4 Å². The summed E-state index contributed by atoms with van der Waals surface area (Å²) in [6.45, 7) is 8.62. The zero-order valence-corrected chi connectivity index (χ0v) is 16.0. The minimum absolute atomic E-state index is 0.0639. The summed E-state index contributed by atoms with van der Waals surface area (Å²) in [6.07, 6.45) is 2.41. The second-order valence-corrected chi connectivity index (χ2v) is 7.59. The fourth-order valence-electron chi connectivity index (χ4n) is 2.78. The molecular weight excluding hydrogens is 334 g/mol. The average molecular weight is 363 g/mol. The Bertz CT molecular complexity index is 595. The number of alkyl carbamates (subject to hydrolysis) is 1. The van der Waals surface area contributed by atoms with E-state index in [2.05, 4.69) is 10.3 Å². The number of hydrogen-bond acceptors (Lipinski definition) is 5. The Kier molecular flexibility index (Phi) is 6.97. The average Bonchev–Trinajstić information content (AvgIpc) is 3.07. The Balaban J connectivity index is 2.00. The molecule has 7 nitrogen and oxygen atoms in total. The molecule has 0 bridgehead atoms. The molecule has 144 valence electrons. The highest BCUT2D eigenvalue weighted by Crippen LogP contribution is 2.16. The highest BCUT2D eigenvalue weighted by molar-refractivity contribution is 5.81. The molecule has 2 heterocycles. The maximum atomic E-state index is 12.8. The summed E-state index contributed by atoms with van der Waals surface area (Å²) in [5.41, 5.74) is 0.230. The number of carbonyl (C=O) groups is 2. The van der Waals surface area contributed by atoms with Crippen LogP contribution < -0.4 is 5.32 Å². The second-order valence-electron chi connectivity index (χ2n) is 7.59. The highest BCUT2D eigenvalue weighted by Gasteiger charge is 2.30. The summed E-state index contributed by atoms with van der Waals surface area (Å²) in [5, 5.41) is 2.78. The SMILES string of the molecule is C[C@H](CN(Cc1ccccn1)C(=O)[C@@H]1CCCO1)NC(=O)OC(C)(C)C. The molecule has 0 spiro atoms. The van der Waals surface area contributed by atoms with Gasteiger partial charge >= 0.3 is 6.09 Å². The van der Waals surface area contributed by atoms with Crippen LogP contribution in [0.3, 0.4) is 0 Å². The maximum absolute atomic E-state index is 12.8. The van der Waals surface area contributed by atoms with Gasteiger partial charge in [0.15, 0.2) is 0 Å². The molecule has 0 aromatic carbocycles. The smallest absolute Gasteiger partial charge is 0.407 e. The fraction of sp³-hybridized carbons (Fsp3) is 0.632. The van der Waals surface area contributed by atoms with Gasteiger partial charge in [-0.05, 0) is 52.7 Å². The molecule has 0 unspecified atom stereocenters. The van der Waals surface area contributed by atoms with Crippen molar-refractivity contribution in [2.24, 2.45) is 0 Å². The lowest BCUT2D eigenvalue weighted by molar-refractivity contribution is -0.142. The Morgan fingerprint density at radius 3 is 2.77 bits per heavy atom. The molecule has 1 aliphatic heterocycles. The van der Waals surface area contributed by atoms with E-state index in [1.807, 2.05) is 45.9 Å². The van der Waals surface area contributed by atoms with Crippen molar-refractivity contribution in [2.75, 3.05) is 13.2 Å².